The van der Waals surface area contributed by atoms with Crippen LogP contribution >= 0.6 is 23.1 Å². The van der Waals surface area contributed by atoms with Gasteiger partial charge in [0.15, 0.2) is 5.13 Å². The monoisotopic (exact) mass is 280 g/mol. The van der Waals surface area contributed by atoms with Crippen LogP contribution in [-0.2, 0) is 0 Å². The van der Waals surface area contributed by atoms with Gasteiger partial charge in [0.2, 0.25) is 0 Å². The molecule has 18 heavy (non-hydrogen) atoms. The molecule has 0 spiro atoms. The van der Waals surface area contributed by atoms with Gasteiger partial charge in [-0.3, -0.25) is 0 Å². The number of carbonyl (C=O) groups is 1. The van der Waals surface area contributed by atoms with Crippen molar-refractivity contribution in [3.05, 3.63) is 35.0 Å². The molecule has 0 saturated carbocycles. The van der Waals surface area contributed by atoms with Crippen molar-refractivity contribution in [3.8, 4) is 0 Å². The summed E-state index contributed by atoms with van der Waals surface area (Å²) in [6.07, 6.45) is 1.70. The fourth-order valence-corrected chi connectivity index (χ4v) is 3.43. The van der Waals surface area contributed by atoms with Crippen LogP contribution in [0.4, 0.5) is 5.13 Å². The number of carboxylic acids is 1. The highest BCUT2D eigenvalue weighted by molar-refractivity contribution is 8.01. The number of benzene rings is 1. The van der Waals surface area contributed by atoms with E-state index in [1.54, 1.807) is 19.2 Å². The van der Waals surface area contributed by atoms with Crippen molar-refractivity contribution < 1.29 is 9.90 Å². The zero-order valence-corrected chi connectivity index (χ0v) is 11.6. The molecule has 0 aliphatic rings. The second kappa shape index (κ2) is 4.99. The first-order valence-corrected chi connectivity index (χ1v) is 6.84. The Balaban J connectivity index is 2.38. The smallest absolute Gasteiger partial charge is 0.335 e. The number of aryl methyl sites for hydroxylation is 2. The summed E-state index contributed by atoms with van der Waals surface area (Å²) < 4.78 is 0.954. The summed E-state index contributed by atoms with van der Waals surface area (Å²) in [5, 5.41) is 9.63. The molecule has 0 saturated heterocycles. The number of hydrogen-bond acceptors (Lipinski definition) is 5. The van der Waals surface area contributed by atoms with Gasteiger partial charge in [0.05, 0.1) is 16.0 Å². The van der Waals surface area contributed by atoms with Crippen LogP contribution in [0.2, 0.25) is 0 Å². The predicted octanol–water partition coefficient (Wildman–Crippen LogP) is 3.19. The molecule has 0 aliphatic heterocycles. The van der Waals surface area contributed by atoms with Crippen LogP contribution in [0, 0.1) is 13.8 Å². The molecular formula is C12H12N2O2S2. The standard InChI is InChI=1S/C12H12N2O2S2/c1-6-3-7(2)9(4-8(6)11(15)16)17-10-5-14-12(13)18-10/h3-5H,1-2H3,(H2,13,14)(H,15,16). The molecule has 1 aromatic carbocycles. The van der Waals surface area contributed by atoms with E-state index in [1.807, 2.05) is 13.0 Å². The van der Waals surface area contributed by atoms with Crippen molar-refractivity contribution in [3.63, 3.8) is 0 Å². The van der Waals surface area contributed by atoms with Gasteiger partial charge < -0.3 is 10.8 Å². The zero-order valence-electron chi connectivity index (χ0n) is 9.93. The predicted molar refractivity (Wildman–Crippen MR) is 73.5 cm³/mol. The van der Waals surface area contributed by atoms with Crippen LogP contribution in [0.3, 0.4) is 0 Å². The summed E-state index contributed by atoms with van der Waals surface area (Å²) in [5.41, 5.74) is 7.73. The second-order valence-electron chi connectivity index (χ2n) is 3.86. The quantitative estimate of drug-likeness (QED) is 0.903. The van der Waals surface area contributed by atoms with Crippen LogP contribution in [0.5, 0.6) is 0 Å². The van der Waals surface area contributed by atoms with Crippen molar-refractivity contribution in [2.45, 2.75) is 23.0 Å². The van der Waals surface area contributed by atoms with Gasteiger partial charge >= 0.3 is 5.97 Å². The fraction of sp³-hybridized carbons (Fsp3) is 0.167. The van der Waals surface area contributed by atoms with E-state index in [9.17, 15) is 4.79 Å². The molecule has 0 radical (unpaired) electrons. The topological polar surface area (TPSA) is 76.2 Å². The van der Waals surface area contributed by atoms with Gasteiger partial charge in [0, 0.05) is 4.90 Å². The molecule has 1 heterocycles. The van der Waals surface area contributed by atoms with Crippen LogP contribution < -0.4 is 5.73 Å². The van der Waals surface area contributed by atoms with Crippen LogP contribution in [0.25, 0.3) is 0 Å². The zero-order chi connectivity index (χ0) is 13.3. The van der Waals surface area contributed by atoms with E-state index in [4.69, 9.17) is 10.8 Å². The van der Waals surface area contributed by atoms with Gasteiger partial charge in [-0.1, -0.05) is 29.2 Å². The molecule has 0 aliphatic carbocycles. The van der Waals surface area contributed by atoms with E-state index in [0.29, 0.717) is 10.7 Å². The van der Waals surface area contributed by atoms with Gasteiger partial charge in [0.25, 0.3) is 0 Å². The molecule has 4 nitrogen and oxygen atoms in total. The molecule has 2 aromatic rings. The largest absolute Gasteiger partial charge is 0.478 e. The summed E-state index contributed by atoms with van der Waals surface area (Å²) in [7, 11) is 0. The highest BCUT2D eigenvalue weighted by Gasteiger charge is 2.12. The minimum absolute atomic E-state index is 0.334. The Labute approximate surface area is 113 Å². The van der Waals surface area contributed by atoms with Crippen molar-refractivity contribution in [2.24, 2.45) is 0 Å². The summed E-state index contributed by atoms with van der Waals surface area (Å²) >= 11 is 2.88. The van der Waals surface area contributed by atoms with E-state index in [0.717, 1.165) is 20.2 Å². The number of thiazole rings is 1. The average Bonchev–Trinajstić information content (AvgIpc) is 2.67. The maximum absolute atomic E-state index is 11.1. The molecule has 0 atom stereocenters. The second-order valence-corrected chi connectivity index (χ2v) is 6.26. The first-order valence-electron chi connectivity index (χ1n) is 5.21. The van der Waals surface area contributed by atoms with Gasteiger partial charge in [-0.15, -0.1) is 0 Å². The Morgan fingerprint density at radius 3 is 2.67 bits per heavy atom. The Bertz CT molecular complexity index is 608. The molecule has 1 aromatic heterocycles. The maximum Gasteiger partial charge on any atom is 0.335 e. The number of anilines is 1. The lowest BCUT2D eigenvalue weighted by molar-refractivity contribution is 0.0696. The van der Waals surface area contributed by atoms with E-state index < -0.39 is 5.97 Å². The minimum atomic E-state index is -0.904. The van der Waals surface area contributed by atoms with E-state index in [1.165, 1.54) is 23.1 Å². The maximum atomic E-state index is 11.1. The van der Waals surface area contributed by atoms with E-state index in [2.05, 4.69) is 4.98 Å². The Hall–Kier alpha value is -1.53. The lowest BCUT2D eigenvalue weighted by Crippen LogP contribution is -2.00. The molecule has 0 bridgehead atoms. The fourth-order valence-electron chi connectivity index (χ4n) is 1.60. The summed E-state index contributed by atoms with van der Waals surface area (Å²) in [6.45, 7) is 3.76. The van der Waals surface area contributed by atoms with E-state index in [-0.39, 0.29) is 0 Å². The number of carboxylic acid groups (broad SMARTS) is 1. The first kappa shape index (κ1) is 12.9. The lowest BCUT2D eigenvalue weighted by Gasteiger charge is -2.08. The SMILES string of the molecule is Cc1cc(C)c(C(=O)O)cc1Sc1cnc(N)s1. The molecular weight excluding hydrogens is 268 g/mol. The normalized spacial score (nSPS) is 10.6. The molecule has 6 heteroatoms. The van der Waals surface area contributed by atoms with Gasteiger partial charge in [-0.2, -0.15) is 0 Å². The molecule has 0 amide bonds. The Morgan fingerprint density at radius 1 is 1.39 bits per heavy atom. The van der Waals surface area contributed by atoms with Crippen LogP contribution in [0.15, 0.2) is 27.4 Å². The number of nitrogens with zero attached hydrogens (tertiary/aromatic N) is 1. The first-order chi connectivity index (χ1) is 8.47. The molecule has 0 unspecified atom stereocenters. The number of hydrogen-bond donors (Lipinski definition) is 2. The summed E-state index contributed by atoms with van der Waals surface area (Å²) in [6, 6.07) is 3.59. The molecule has 0 fully saturated rings. The summed E-state index contributed by atoms with van der Waals surface area (Å²) in [4.78, 5) is 16.0. The molecule has 2 rings (SSSR count). The number of aromatic nitrogens is 1. The number of rotatable bonds is 3. The van der Waals surface area contributed by atoms with Crippen LogP contribution in [-0.4, -0.2) is 16.1 Å². The average molecular weight is 280 g/mol. The molecule has 94 valence electrons. The third-order valence-corrected chi connectivity index (χ3v) is 4.55. The van der Waals surface area contributed by atoms with Gasteiger partial charge in [-0.25, -0.2) is 9.78 Å². The number of nitrogens with two attached hydrogens (primary N) is 1. The van der Waals surface area contributed by atoms with Gasteiger partial charge in [-0.05, 0) is 31.0 Å². The Morgan fingerprint density at radius 2 is 2.11 bits per heavy atom. The summed E-state index contributed by atoms with van der Waals surface area (Å²) in [5.74, 6) is -0.904. The van der Waals surface area contributed by atoms with Gasteiger partial charge in [0.1, 0.15) is 0 Å². The minimum Gasteiger partial charge on any atom is -0.478 e. The number of aromatic carboxylic acids is 1. The van der Waals surface area contributed by atoms with Crippen molar-refractivity contribution >= 4 is 34.2 Å². The van der Waals surface area contributed by atoms with Crippen molar-refractivity contribution in [2.75, 3.05) is 5.73 Å². The highest BCUT2D eigenvalue weighted by Crippen LogP contribution is 2.35. The highest BCUT2D eigenvalue weighted by atomic mass is 32.2. The third kappa shape index (κ3) is 2.65. The molecule has 3 N–H and O–H groups in total. The van der Waals surface area contributed by atoms with Crippen molar-refractivity contribution in [1.29, 1.82) is 0 Å². The van der Waals surface area contributed by atoms with Crippen LogP contribution in [0.1, 0.15) is 21.5 Å². The lowest BCUT2D eigenvalue weighted by atomic mass is 10.1. The number of nitrogen functional groups attached to an aromatic ring is 1. The van der Waals surface area contributed by atoms with Crippen molar-refractivity contribution in [1.82, 2.24) is 4.98 Å². The third-order valence-electron chi connectivity index (χ3n) is 2.47. The van der Waals surface area contributed by atoms with E-state index >= 15 is 0 Å². The Kier molecular flexibility index (Phi) is 3.58.